The Morgan fingerprint density at radius 3 is 2.92 bits per heavy atom. The van der Waals surface area contributed by atoms with Crippen molar-refractivity contribution in [2.24, 2.45) is 5.92 Å². The van der Waals surface area contributed by atoms with Gasteiger partial charge in [0.2, 0.25) is 11.8 Å². The van der Waals surface area contributed by atoms with Gasteiger partial charge in [-0.2, -0.15) is 9.97 Å². The summed E-state index contributed by atoms with van der Waals surface area (Å²) in [7, 11) is 1.75. The van der Waals surface area contributed by atoms with Crippen molar-refractivity contribution in [2.45, 2.75) is 45.9 Å². The Labute approximate surface area is 152 Å². The lowest BCUT2D eigenvalue weighted by atomic mass is 10.2. The maximum absolute atomic E-state index is 11.6. The van der Waals surface area contributed by atoms with E-state index in [0.29, 0.717) is 29.6 Å². The van der Waals surface area contributed by atoms with Gasteiger partial charge in [-0.3, -0.25) is 9.36 Å². The summed E-state index contributed by atoms with van der Waals surface area (Å²) in [6.45, 7) is 6.28. The molecule has 0 aromatic carbocycles. The third kappa shape index (κ3) is 3.72. The van der Waals surface area contributed by atoms with Crippen molar-refractivity contribution >= 4 is 23.1 Å². The molecular formula is C17H25N5O4. The summed E-state index contributed by atoms with van der Waals surface area (Å²) in [5.41, 5.74) is 1.25. The second-order valence-corrected chi connectivity index (χ2v) is 6.43. The molecule has 3 heterocycles. The number of aromatic nitrogens is 4. The number of fused-ring (bicyclic) bond motifs is 1. The largest absolute Gasteiger partial charge is 0.476 e. The number of rotatable bonds is 7. The lowest BCUT2D eigenvalue weighted by Gasteiger charge is -2.16. The van der Waals surface area contributed by atoms with Gasteiger partial charge < -0.3 is 19.5 Å². The Morgan fingerprint density at radius 1 is 1.42 bits per heavy atom. The molecule has 0 aliphatic carbocycles. The van der Waals surface area contributed by atoms with E-state index >= 15 is 0 Å². The minimum Gasteiger partial charge on any atom is -0.476 e. The number of anilines is 1. The molecule has 2 unspecified atom stereocenters. The zero-order valence-electron chi connectivity index (χ0n) is 15.6. The molecule has 0 bridgehead atoms. The molecule has 1 fully saturated rings. The van der Waals surface area contributed by atoms with Crippen LogP contribution in [0.25, 0.3) is 11.2 Å². The molecule has 3 rings (SSSR count). The van der Waals surface area contributed by atoms with E-state index in [1.807, 2.05) is 25.3 Å². The summed E-state index contributed by atoms with van der Waals surface area (Å²) in [6.07, 6.45) is 2.94. The van der Waals surface area contributed by atoms with Crippen LogP contribution in [0.15, 0.2) is 6.33 Å². The Kier molecular flexibility index (Phi) is 5.55. The third-order valence-corrected chi connectivity index (χ3v) is 4.17. The second-order valence-electron chi connectivity index (χ2n) is 6.43. The molecule has 142 valence electrons. The van der Waals surface area contributed by atoms with Crippen LogP contribution in [0.1, 0.15) is 39.8 Å². The fraction of sp³-hybridized carbons (Fsp3) is 0.647. The first kappa shape index (κ1) is 18.4. The molecule has 9 heteroatoms. The molecule has 1 aliphatic rings. The molecule has 0 amide bonds. The van der Waals surface area contributed by atoms with Crippen molar-refractivity contribution in [3.63, 3.8) is 0 Å². The molecule has 2 atom stereocenters. The summed E-state index contributed by atoms with van der Waals surface area (Å²) in [6, 6.07) is 0. The second kappa shape index (κ2) is 7.86. The highest BCUT2D eigenvalue weighted by Crippen LogP contribution is 2.32. The van der Waals surface area contributed by atoms with Gasteiger partial charge in [0.05, 0.1) is 25.0 Å². The van der Waals surface area contributed by atoms with Crippen molar-refractivity contribution < 1.29 is 19.0 Å². The van der Waals surface area contributed by atoms with Gasteiger partial charge in [0.1, 0.15) is 12.8 Å². The molecule has 2 aromatic rings. The van der Waals surface area contributed by atoms with Crippen molar-refractivity contribution in [1.29, 1.82) is 0 Å². The summed E-state index contributed by atoms with van der Waals surface area (Å²) in [5, 5.41) is 2.94. The fourth-order valence-corrected chi connectivity index (χ4v) is 2.81. The lowest BCUT2D eigenvalue weighted by molar-refractivity contribution is -0.152. The molecule has 0 radical (unpaired) electrons. The molecule has 0 spiro atoms. The number of ether oxygens (including phenoxy) is 3. The van der Waals surface area contributed by atoms with E-state index in [4.69, 9.17) is 14.2 Å². The first-order valence-corrected chi connectivity index (χ1v) is 8.90. The maximum atomic E-state index is 11.6. The predicted molar refractivity (Wildman–Crippen MR) is 95.0 cm³/mol. The Balaban J connectivity index is 1.76. The minimum atomic E-state index is -0.211. The minimum absolute atomic E-state index is 0.128. The Bertz CT molecular complexity index is 776. The van der Waals surface area contributed by atoms with E-state index in [-0.39, 0.29) is 30.8 Å². The summed E-state index contributed by atoms with van der Waals surface area (Å²) < 4.78 is 18.8. The van der Waals surface area contributed by atoms with Crippen molar-refractivity contribution in [3.8, 4) is 5.88 Å². The predicted octanol–water partition coefficient (Wildman–Crippen LogP) is 2.14. The fourth-order valence-electron chi connectivity index (χ4n) is 2.81. The van der Waals surface area contributed by atoms with Gasteiger partial charge in [-0.25, -0.2) is 4.98 Å². The van der Waals surface area contributed by atoms with Crippen LogP contribution < -0.4 is 10.1 Å². The first-order chi connectivity index (χ1) is 12.5. The van der Waals surface area contributed by atoms with Crippen LogP contribution in [0, 0.1) is 5.92 Å². The van der Waals surface area contributed by atoms with Crippen LogP contribution in [-0.2, 0) is 14.3 Å². The topological polar surface area (TPSA) is 100 Å². The number of imidazole rings is 1. The number of carbonyl (C=O) groups excluding carboxylic acids is 1. The Hall–Kier alpha value is -2.42. The number of nitrogens with one attached hydrogen (secondary N) is 1. The molecule has 1 saturated heterocycles. The van der Waals surface area contributed by atoms with Gasteiger partial charge in [0.25, 0.3) is 0 Å². The maximum Gasteiger partial charge on any atom is 0.308 e. The van der Waals surface area contributed by atoms with E-state index < -0.39 is 0 Å². The monoisotopic (exact) mass is 363 g/mol. The van der Waals surface area contributed by atoms with Gasteiger partial charge in [0.15, 0.2) is 11.2 Å². The quantitative estimate of drug-likeness (QED) is 0.747. The van der Waals surface area contributed by atoms with E-state index in [2.05, 4.69) is 20.3 Å². The van der Waals surface area contributed by atoms with Gasteiger partial charge in [-0.05, 0) is 19.8 Å². The van der Waals surface area contributed by atoms with Crippen LogP contribution in [0.4, 0.5) is 5.95 Å². The molecule has 1 N–H and O–H groups in total. The van der Waals surface area contributed by atoms with E-state index in [0.717, 1.165) is 12.8 Å². The van der Waals surface area contributed by atoms with Crippen molar-refractivity contribution in [3.05, 3.63) is 6.33 Å². The van der Waals surface area contributed by atoms with E-state index in [1.54, 1.807) is 13.4 Å². The molecule has 0 saturated carbocycles. The smallest absolute Gasteiger partial charge is 0.308 e. The summed E-state index contributed by atoms with van der Waals surface area (Å²) in [5.74, 6) is 0.556. The zero-order valence-corrected chi connectivity index (χ0v) is 15.6. The summed E-state index contributed by atoms with van der Waals surface area (Å²) >= 11 is 0. The Morgan fingerprint density at radius 2 is 2.23 bits per heavy atom. The highest BCUT2D eigenvalue weighted by molar-refractivity contribution is 5.77. The average Bonchev–Trinajstić information content (AvgIpc) is 3.26. The van der Waals surface area contributed by atoms with Crippen LogP contribution in [0.5, 0.6) is 5.88 Å². The molecule has 26 heavy (non-hydrogen) atoms. The highest BCUT2D eigenvalue weighted by atomic mass is 16.6. The van der Waals surface area contributed by atoms with E-state index in [1.165, 1.54) is 0 Å². The summed E-state index contributed by atoms with van der Waals surface area (Å²) in [4.78, 5) is 24.8. The number of hydrogen-bond acceptors (Lipinski definition) is 8. The van der Waals surface area contributed by atoms with Crippen LogP contribution >= 0.6 is 0 Å². The third-order valence-electron chi connectivity index (χ3n) is 4.17. The number of esters is 1. The number of nitrogens with zero attached hydrogens (tertiary/aromatic N) is 4. The average molecular weight is 363 g/mol. The standard InChI is InChI=1S/C17H25N5O4/c1-5-24-15-13-14(20-17(18-4)21-15)22(9-19-13)12-7-6-11(26-12)8-25-16(23)10(2)3/h9-12H,5-8H2,1-4H3,(H,18,20,21). The number of hydrogen-bond donors (Lipinski definition) is 1. The van der Waals surface area contributed by atoms with Gasteiger partial charge >= 0.3 is 5.97 Å². The van der Waals surface area contributed by atoms with Gasteiger partial charge in [0, 0.05) is 7.05 Å². The van der Waals surface area contributed by atoms with Crippen molar-refractivity contribution in [1.82, 2.24) is 19.5 Å². The van der Waals surface area contributed by atoms with Crippen molar-refractivity contribution in [2.75, 3.05) is 25.6 Å². The lowest BCUT2D eigenvalue weighted by Crippen LogP contribution is -2.21. The normalized spacial score (nSPS) is 19.9. The molecule has 1 aliphatic heterocycles. The zero-order chi connectivity index (χ0) is 18.7. The molecule has 9 nitrogen and oxygen atoms in total. The van der Waals surface area contributed by atoms with Crippen LogP contribution in [0.2, 0.25) is 0 Å². The van der Waals surface area contributed by atoms with E-state index in [9.17, 15) is 4.79 Å². The van der Waals surface area contributed by atoms with Crippen LogP contribution in [-0.4, -0.2) is 51.9 Å². The van der Waals surface area contributed by atoms with Crippen LogP contribution in [0.3, 0.4) is 0 Å². The SMILES string of the molecule is CCOc1nc(NC)nc2c1ncn2C1CCC(COC(=O)C(C)C)O1. The highest BCUT2D eigenvalue weighted by Gasteiger charge is 2.30. The van der Waals surface area contributed by atoms with Gasteiger partial charge in [-0.15, -0.1) is 0 Å². The molecular weight excluding hydrogens is 338 g/mol. The molecule has 2 aromatic heterocycles. The first-order valence-electron chi connectivity index (χ1n) is 8.90. The number of carbonyl (C=O) groups is 1. The van der Waals surface area contributed by atoms with Gasteiger partial charge in [-0.1, -0.05) is 13.8 Å².